The van der Waals surface area contributed by atoms with Crippen LogP contribution >= 0.6 is 11.6 Å². The third-order valence-electron chi connectivity index (χ3n) is 3.86. The Bertz CT molecular complexity index is 602. The Labute approximate surface area is 132 Å². The molecule has 1 aromatic carbocycles. The largest absolute Gasteiger partial charge is 0.314 e. The van der Waals surface area contributed by atoms with Gasteiger partial charge in [0.15, 0.2) is 0 Å². The summed E-state index contributed by atoms with van der Waals surface area (Å²) in [6.07, 6.45) is 1.59. The molecule has 6 heteroatoms. The van der Waals surface area contributed by atoms with E-state index in [-0.39, 0.29) is 21.9 Å². The first-order chi connectivity index (χ1) is 9.79. The summed E-state index contributed by atoms with van der Waals surface area (Å²) in [5, 5.41) is 3.58. The van der Waals surface area contributed by atoms with Crippen LogP contribution in [0.5, 0.6) is 0 Å². The van der Waals surface area contributed by atoms with Gasteiger partial charge in [-0.1, -0.05) is 31.5 Å². The molecule has 0 radical (unpaired) electrons. The Hall–Kier alpha value is -0.620. The zero-order chi connectivity index (χ0) is 15.6. The minimum Gasteiger partial charge on any atom is -0.314 e. The van der Waals surface area contributed by atoms with Crippen LogP contribution in [-0.4, -0.2) is 27.0 Å². The van der Waals surface area contributed by atoms with Gasteiger partial charge in [-0.15, -0.1) is 0 Å². The van der Waals surface area contributed by atoms with Crippen LogP contribution in [-0.2, 0) is 10.0 Å². The van der Waals surface area contributed by atoms with Gasteiger partial charge in [0.05, 0.1) is 5.02 Å². The second kappa shape index (κ2) is 6.65. The second-order valence-electron chi connectivity index (χ2n) is 6.04. The predicted octanol–water partition coefficient (Wildman–Crippen LogP) is 2.88. The van der Waals surface area contributed by atoms with Crippen molar-refractivity contribution in [1.82, 2.24) is 10.0 Å². The van der Waals surface area contributed by atoms with Gasteiger partial charge in [0.2, 0.25) is 10.0 Å². The minimum atomic E-state index is -3.58. The number of piperidine rings is 1. The van der Waals surface area contributed by atoms with Crippen LogP contribution in [0.25, 0.3) is 0 Å². The fourth-order valence-electron chi connectivity index (χ4n) is 2.61. The topological polar surface area (TPSA) is 58.2 Å². The lowest BCUT2D eigenvalue weighted by atomic mass is 10.0. The molecule has 0 amide bonds. The molecule has 2 unspecified atom stereocenters. The van der Waals surface area contributed by atoms with E-state index < -0.39 is 10.0 Å². The SMILES string of the molecule is CC1CC(NS(=O)(=O)c2cc(C(C)C)ccc2Cl)CCN1. The lowest BCUT2D eigenvalue weighted by molar-refractivity contribution is 0.361. The average molecular weight is 331 g/mol. The van der Waals surface area contributed by atoms with Gasteiger partial charge in [0, 0.05) is 12.1 Å². The minimum absolute atomic E-state index is 0.0370. The van der Waals surface area contributed by atoms with Crippen molar-refractivity contribution >= 4 is 21.6 Å². The smallest absolute Gasteiger partial charge is 0.242 e. The normalized spacial score (nSPS) is 23.5. The molecule has 0 spiro atoms. The zero-order valence-corrected chi connectivity index (χ0v) is 14.3. The summed E-state index contributed by atoms with van der Waals surface area (Å²) in [7, 11) is -3.58. The van der Waals surface area contributed by atoms with Crippen molar-refractivity contribution in [1.29, 1.82) is 0 Å². The Morgan fingerprint density at radius 2 is 2.10 bits per heavy atom. The Morgan fingerprint density at radius 1 is 1.38 bits per heavy atom. The van der Waals surface area contributed by atoms with E-state index in [9.17, 15) is 8.42 Å². The van der Waals surface area contributed by atoms with Gasteiger partial charge >= 0.3 is 0 Å². The maximum Gasteiger partial charge on any atom is 0.242 e. The van der Waals surface area contributed by atoms with Gasteiger partial charge in [0.1, 0.15) is 4.90 Å². The summed E-state index contributed by atoms with van der Waals surface area (Å²) in [6.45, 7) is 6.95. The predicted molar refractivity (Wildman–Crippen MR) is 86.3 cm³/mol. The number of benzene rings is 1. The molecule has 0 bridgehead atoms. The van der Waals surface area contributed by atoms with E-state index in [2.05, 4.69) is 17.0 Å². The van der Waals surface area contributed by atoms with Crippen LogP contribution in [0.3, 0.4) is 0 Å². The van der Waals surface area contributed by atoms with Gasteiger partial charge in [-0.2, -0.15) is 0 Å². The summed E-state index contributed by atoms with van der Waals surface area (Å²) in [4.78, 5) is 0.182. The molecule has 1 fully saturated rings. The number of sulfonamides is 1. The van der Waals surface area contributed by atoms with Crippen molar-refractivity contribution in [3.05, 3.63) is 28.8 Å². The number of rotatable bonds is 4. The number of halogens is 1. The van der Waals surface area contributed by atoms with E-state index in [1.54, 1.807) is 12.1 Å². The molecule has 1 saturated heterocycles. The Balaban J connectivity index is 2.24. The lowest BCUT2D eigenvalue weighted by Crippen LogP contribution is -2.46. The summed E-state index contributed by atoms with van der Waals surface area (Å²) in [5.74, 6) is 0.259. The molecule has 2 atom stereocenters. The van der Waals surface area contributed by atoms with Gasteiger partial charge in [0.25, 0.3) is 0 Å². The fraction of sp³-hybridized carbons (Fsp3) is 0.600. The third-order valence-corrected chi connectivity index (χ3v) is 5.86. The summed E-state index contributed by atoms with van der Waals surface area (Å²) >= 11 is 6.10. The van der Waals surface area contributed by atoms with E-state index in [1.165, 1.54) is 0 Å². The first-order valence-corrected chi connectivity index (χ1v) is 9.21. The Kier molecular flexibility index (Phi) is 5.30. The molecule has 2 rings (SSSR count). The molecular weight excluding hydrogens is 308 g/mol. The average Bonchev–Trinajstić information content (AvgIpc) is 2.38. The Morgan fingerprint density at radius 3 is 2.71 bits per heavy atom. The number of hydrogen-bond acceptors (Lipinski definition) is 3. The summed E-state index contributed by atoms with van der Waals surface area (Å²) in [5.41, 5.74) is 0.971. The van der Waals surface area contributed by atoms with Crippen molar-refractivity contribution < 1.29 is 8.42 Å². The highest BCUT2D eigenvalue weighted by Crippen LogP contribution is 2.26. The third kappa shape index (κ3) is 4.19. The van der Waals surface area contributed by atoms with Crippen LogP contribution in [0.4, 0.5) is 0 Å². The first-order valence-electron chi connectivity index (χ1n) is 7.34. The van der Waals surface area contributed by atoms with Crippen molar-refractivity contribution in [2.75, 3.05) is 6.54 Å². The van der Waals surface area contributed by atoms with E-state index in [0.717, 1.165) is 24.9 Å². The molecule has 21 heavy (non-hydrogen) atoms. The molecule has 0 aliphatic carbocycles. The van der Waals surface area contributed by atoms with Crippen molar-refractivity contribution in [2.24, 2.45) is 0 Å². The van der Waals surface area contributed by atoms with Crippen LogP contribution in [0.1, 0.15) is 45.1 Å². The van der Waals surface area contributed by atoms with E-state index in [0.29, 0.717) is 6.04 Å². The van der Waals surface area contributed by atoms with E-state index in [1.807, 2.05) is 19.9 Å². The quantitative estimate of drug-likeness (QED) is 0.892. The summed E-state index contributed by atoms with van der Waals surface area (Å²) in [6, 6.07) is 5.50. The maximum absolute atomic E-state index is 12.6. The molecule has 118 valence electrons. The van der Waals surface area contributed by atoms with Crippen LogP contribution < -0.4 is 10.0 Å². The molecule has 2 N–H and O–H groups in total. The lowest BCUT2D eigenvalue weighted by Gasteiger charge is -2.28. The molecule has 0 saturated carbocycles. The highest BCUT2D eigenvalue weighted by atomic mass is 35.5. The van der Waals surface area contributed by atoms with Crippen molar-refractivity contribution in [2.45, 2.75) is 56.5 Å². The molecule has 4 nitrogen and oxygen atoms in total. The molecule has 1 aliphatic rings. The standard InChI is InChI=1S/C15H23ClN2O2S/c1-10(2)12-4-5-14(16)15(9-12)21(19,20)18-13-6-7-17-11(3)8-13/h4-5,9-11,13,17-18H,6-8H2,1-3H3. The monoisotopic (exact) mass is 330 g/mol. The van der Waals surface area contributed by atoms with Crippen LogP contribution in [0.2, 0.25) is 5.02 Å². The van der Waals surface area contributed by atoms with Crippen LogP contribution in [0.15, 0.2) is 23.1 Å². The van der Waals surface area contributed by atoms with E-state index in [4.69, 9.17) is 11.6 Å². The summed E-state index contributed by atoms with van der Waals surface area (Å²) < 4.78 is 28.0. The van der Waals surface area contributed by atoms with Crippen molar-refractivity contribution in [3.8, 4) is 0 Å². The van der Waals surface area contributed by atoms with Gasteiger partial charge < -0.3 is 5.32 Å². The highest BCUT2D eigenvalue weighted by molar-refractivity contribution is 7.89. The molecule has 1 aromatic rings. The maximum atomic E-state index is 12.6. The van der Waals surface area contributed by atoms with Gasteiger partial charge in [-0.05, 0) is 49.9 Å². The second-order valence-corrected chi connectivity index (χ2v) is 8.13. The van der Waals surface area contributed by atoms with E-state index >= 15 is 0 Å². The van der Waals surface area contributed by atoms with Crippen molar-refractivity contribution in [3.63, 3.8) is 0 Å². The fourth-order valence-corrected chi connectivity index (χ4v) is 4.42. The van der Waals surface area contributed by atoms with Gasteiger partial charge in [-0.3, -0.25) is 0 Å². The molecule has 0 aromatic heterocycles. The van der Waals surface area contributed by atoms with Crippen LogP contribution in [0, 0.1) is 0 Å². The van der Waals surface area contributed by atoms with Gasteiger partial charge in [-0.25, -0.2) is 13.1 Å². The first kappa shape index (κ1) is 16.7. The highest BCUT2D eigenvalue weighted by Gasteiger charge is 2.26. The number of hydrogen-bond donors (Lipinski definition) is 2. The molecule has 1 aliphatic heterocycles. The zero-order valence-electron chi connectivity index (χ0n) is 12.7. The number of nitrogens with one attached hydrogen (secondary N) is 2. The molecular formula is C15H23ClN2O2S. The molecule has 1 heterocycles.